The van der Waals surface area contributed by atoms with Crippen LogP contribution in [0.15, 0.2) is 61.6 Å². The van der Waals surface area contributed by atoms with Crippen molar-refractivity contribution in [3.8, 4) is 11.8 Å². The van der Waals surface area contributed by atoms with Gasteiger partial charge >= 0.3 is 16.5 Å². The van der Waals surface area contributed by atoms with E-state index in [-0.39, 0.29) is 22.3 Å². The molecule has 16 nitrogen and oxygen atoms in total. The fourth-order valence-electron chi connectivity index (χ4n) is 3.71. The summed E-state index contributed by atoms with van der Waals surface area (Å²) in [5.74, 6) is -0.650. The van der Waals surface area contributed by atoms with Gasteiger partial charge in [-0.2, -0.15) is 18.2 Å². The topological polar surface area (TPSA) is 216 Å². The average Bonchev–Trinajstić information content (AvgIpc) is 3.26. The Morgan fingerprint density at radius 3 is 2.62 bits per heavy atom. The largest absolute Gasteiger partial charge is 0.691 e. The van der Waals surface area contributed by atoms with E-state index in [1.165, 1.54) is 22.9 Å². The number of aromatic nitrogens is 1. The summed E-state index contributed by atoms with van der Waals surface area (Å²) >= 11 is 1.31. The van der Waals surface area contributed by atoms with Crippen LogP contribution in [0.1, 0.15) is 0 Å². The molecule has 5 rings (SSSR count). The number of benzene rings is 3. The van der Waals surface area contributed by atoms with Crippen molar-refractivity contribution in [2.75, 3.05) is 17.8 Å². The molecule has 1 aliphatic rings. The summed E-state index contributed by atoms with van der Waals surface area (Å²) in [6, 6.07) is 10.6. The maximum absolute atomic E-state index is 12.6. The number of hydrogen-bond acceptors (Lipinski definition) is 16. The van der Waals surface area contributed by atoms with Crippen LogP contribution in [-0.4, -0.2) is 39.0 Å². The lowest BCUT2D eigenvalue weighted by Gasteiger charge is -2.13. The van der Waals surface area contributed by atoms with E-state index in [2.05, 4.69) is 28.4 Å². The van der Waals surface area contributed by atoms with Crippen LogP contribution in [0.25, 0.3) is 21.9 Å². The Hall–Kier alpha value is -2.73. The van der Waals surface area contributed by atoms with E-state index < -0.39 is 32.6 Å². The van der Waals surface area contributed by atoms with E-state index in [1.807, 2.05) is 0 Å². The van der Waals surface area contributed by atoms with Crippen molar-refractivity contribution in [3.63, 3.8) is 0 Å². The Kier molecular flexibility index (Phi) is 7.87. The van der Waals surface area contributed by atoms with Crippen molar-refractivity contribution in [1.29, 1.82) is 0 Å². The molecule has 0 radical (unpaired) electrons. The van der Waals surface area contributed by atoms with Crippen LogP contribution in [-0.2, 0) is 43.2 Å². The Morgan fingerprint density at radius 2 is 1.87 bits per heavy atom. The molecular formula is C19H14N2O14S4. The monoisotopic (exact) mass is 622 g/mol. The van der Waals surface area contributed by atoms with Crippen molar-refractivity contribution in [2.45, 2.75) is 14.7 Å². The van der Waals surface area contributed by atoms with Gasteiger partial charge in [0.25, 0.3) is 5.52 Å². The SMILES string of the molecule is O=S(=O)(O)OCCS(=O)(=O)c1ccc2c(c1)Oc1oc3c(SOOO)cc4cc(SOO[O-])ccc4c3[n+]1N2. The van der Waals surface area contributed by atoms with Crippen LogP contribution < -0.4 is 20.1 Å². The lowest BCUT2D eigenvalue weighted by atomic mass is 10.1. The molecule has 1 aromatic heterocycles. The van der Waals surface area contributed by atoms with Gasteiger partial charge in [-0.05, 0) is 41.8 Å². The van der Waals surface area contributed by atoms with Crippen molar-refractivity contribution in [1.82, 2.24) is 0 Å². The first-order valence-corrected chi connectivity index (χ1v) is 14.8. The molecule has 208 valence electrons. The fraction of sp³-hybridized carbons (Fsp3) is 0.105. The van der Waals surface area contributed by atoms with Crippen LogP contribution >= 0.6 is 24.1 Å². The quantitative estimate of drug-likeness (QED) is 0.0631. The molecule has 0 atom stereocenters. The molecule has 0 amide bonds. The molecule has 4 aromatic rings. The number of fused-ring (bicyclic) bond motifs is 6. The van der Waals surface area contributed by atoms with Gasteiger partial charge in [-0.3, -0.25) is 9.59 Å². The first-order chi connectivity index (χ1) is 18.6. The summed E-state index contributed by atoms with van der Waals surface area (Å²) in [6.07, 6.45) is -0.0949. The molecule has 39 heavy (non-hydrogen) atoms. The van der Waals surface area contributed by atoms with Crippen LogP contribution in [0.4, 0.5) is 5.69 Å². The lowest BCUT2D eigenvalue weighted by Crippen LogP contribution is -2.44. The highest BCUT2D eigenvalue weighted by molar-refractivity contribution is 7.95. The average molecular weight is 623 g/mol. The normalized spacial score (nSPS) is 13.2. The van der Waals surface area contributed by atoms with E-state index in [4.69, 9.17) is 19.0 Å². The Morgan fingerprint density at radius 1 is 1.05 bits per heavy atom. The maximum atomic E-state index is 12.6. The second-order valence-corrected chi connectivity index (χ2v) is 12.2. The van der Waals surface area contributed by atoms with Gasteiger partial charge in [0.1, 0.15) is 5.69 Å². The molecular weight excluding hydrogens is 608 g/mol. The minimum absolute atomic E-state index is 0.0766. The van der Waals surface area contributed by atoms with Gasteiger partial charge in [-0.25, -0.2) is 17.9 Å². The van der Waals surface area contributed by atoms with Crippen molar-refractivity contribution < 1.29 is 68.7 Å². The van der Waals surface area contributed by atoms with Gasteiger partial charge < -0.3 is 14.4 Å². The maximum Gasteiger partial charge on any atom is 0.597 e. The molecule has 0 unspecified atom stereocenters. The van der Waals surface area contributed by atoms with Gasteiger partial charge in [-0.1, -0.05) is 5.04 Å². The van der Waals surface area contributed by atoms with E-state index in [9.17, 15) is 22.1 Å². The van der Waals surface area contributed by atoms with Crippen molar-refractivity contribution in [3.05, 3.63) is 42.5 Å². The molecule has 0 bridgehead atoms. The summed E-state index contributed by atoms with van der Waals surface area (Å²) in [6.45, 7) is -0.787. The smallest absolute Gasteiger partial charge is 0.597 e. The van der Waals surface area contributed by atoms with Gasteiger partial charge in [-0.15, -0.1) is 4.33 Å². The summed E-state index contributed by atoms with van der Waals surface area (Å²) in [5.41, 5.74) is 4.14. The minimum atomic E-state index is -4.79. The Labute approximate surface area is 226 Å². The predicted molar refractivity (Wildman–Crippen MR) is 128 cm³/mol. The molecule has 0 fully saturated rings. The van der Waals surface area contributed by atoms with Gasteiger partial charge in [0.2, 0.25) is 5.58 Å². The van der Waals surface area contributed by atoms with E-state index in [1.54, 1.807) is 24.3 Å². The molecule has 0 saturated heterocycles. The number of anilines is 1. The predicted octanol–water partition coefficient (Wildman–Crippen LogP) is 2.11. The Bertz CT molecular complexity index is 1770. The number of sulfone groups is 1. The number of nitrogens with one attached hydrogen (secondary N) is 1. The molecule has 1 aliphatic heterocycles. The standard InChI is InChI=1S/C19H14N2O14S4/c22-32-34-36-11-1-3-13-10(7-11)8-16(37-35-33-23)18-17(13)21-19(31-18)30-15-9-12(2-4-14(15)20-21)38(24,25)6-5-29-39(26,27)28/h1-4,7-9,20H,5-6H2,(H2-,22,23,26,27,28). The summed E-state index contributed by atoms with van der Waals surface area (Å²) in [5, 5.41) is 27.2. The summed E-state index contributed by atoms with van der Waals surface area (Å²) in [4.78, 5) is 0.671. The molecule has 0 saturated carbocycles. The van der Waals surface area contributed by atoms with Crippen LogP contribution in [0.3, 0.4) is 0 Å². The number of nitrogens with zero attached hydrogens (tertiary/aromatic N) is 1. The van der Waals surface area contributed by atoms with Crippen LogP contribution in [0.2, 0.25) is 0 Å². The molecule has 3 N–H and O–H groups in total. The number of hydrogen-bond donors (Lipinski definition) is 3. The molecule has 0 aliphatic carbocycles. The van der Waals surface area contributed by atoms with E-state index >= 15 is 0 Å². The van der Waals surface area contributed by atoms with Gasteiger partial charge in [0.15, 0.2) is 15.6 Å². The van der Waals surface area contributed by atoms with Crippen LogP contribution in [0.5, 0.6) is 11.8 Å². The highest BCUT2D eigenvalue weighted by Gasteiger charge is 2.36. The number of rotatable bonds is 11. The lowest BCUT2D eigenvalue weighted by molar-refractivity contribution is -0.777. The zero-order chi connectivity index (χ0) is 27.8. The number of oxazole rings is 1. The first kappa shape index (κ1) is 27.8. The third-order valence-corrected chi connectivity index (χ3v) is 8.56. The highest BCUT2D eigenvalue weighted by atomic mass is 32.3. The zero-order valence-electron chi connectivity index (χ0n) is 18.8. The van der Waals surface area contributed by atoms with Gasteiger partial charge in [0, 0.05) is 15.6 Å². The first-order valence-electron chi connectivity index (χ1n) is 10.3. The van der Waals surface area contributed by atoms with Crippen molar-refractivity contribution >= 4 is 71.9 Å². The highest BCUT2D eigenvalue weighted by Crippen LogP contribution is 2.41. The van der Waals surface area contributed by atoms with Crippen LogP contribution in [0, 0.1) is 0 Å². The minimum Gasteiger partial charge on any atom is -0.691 e. The molecule has 20 heteroatoms. The molecule has 2 heterocycles. The summed E-state index contributed by atoms with van der Waals surface area (Å²) in [7, 11) is -8.81. The zero-order valence-corrected chi connectivity index (χ0v) is 22.1. The van der Waals surface area contributed by atoms with E-state index in [0.29, 0.717) is 55.9 Å². The van der Waals surface area contributed by atoms with Crippen molar-refractivity contribution in [2.24, 2.45) is 0 Å². The molecule has 0 spiro atoms. The van der Waals surface area contributed by atoms with Gasteiger partial charge in [0.05, 0.1) is 51.6 Å². The summed E-state index contributed by atoms with van der Waals surface area (Å²) < 4.78 is 81.6. The second kappa shape index (κ2) is 11.0. The van der Waals surface area contributed by atoms with E-state index in [0.717, 1.165) is 0 Å². The number of ether oxygens (including phenoxy) is 1. The second-order valence-electron chi connectivity index (χ2n) is 7.52. The molecule has 3 aromatic carbocycles. The Balaban J connectivity index is 1.53. The third kappa shape index (κ3) is 5.91. The third-order valence-electron chi connectivity index (χ3n) is 5.24. The fourth-order valence-corrected chi connectivity index (χ4v) is 6.11.